The van der Waals surface area contributed by atoms with Crippen LogP contribution in [0.4, 0.5) is 4.39 Å². The number of rotatable bonds is 7. The highest BCUT2D eigenvalue weighted by molar-refractivity contribution is 7.88. The van der Waals surface area contributed by atoms with Crippen LogP contribution in [0.25, 0.3) is 0 Å². The lowest BCUT2D eigenvalue weighted by atomic mass is 9.98. The largest absolute Gasteiger partial charge is 0.216 e. The number of benzene rings is 2. The van der Waals surface area contributed by atoms with Crippen molar-refractivity contribution in [1.29, 1.82) is 0 Å². The molecule has 0 radical (unpaired) electrons. The maximum absolute atomic E-state index is 12.9. The van der Waals surface area contributed by atoms with Crippen molar-refractivity contribution in [3.63, 3.8) is 0 Å². The highest BCUT2D eigenvalue weighted by Gasteiger charge is 2.20. The Bertz CT molecular complexity index is 712. The molecule has 1 N–H and O–H groups in total. The summed E-state index contributed by atoms with van der Waals surface area (Å²) in [5, 5.41) is 0. The topological polar surface area (TPSA) is 46.2 Å². The molecular formula is C18H22FNO2S. The van der Waals surface area contributed by atoms with E-state index in [1.165, 1.54) is 24.3 Å². The lowest BCUT2D eigenvalue weighted by Gasteiger charge is -2.21. The molecular weight excluding hydrogens is 313 g/mol. The van der Waals surface area contributed by atoms with E-state index in [-0.39, 0.29) is 17.6 Å². The minimum Gasteiger partial charge on any atom is -0.212 e. The Morgan fingerprint density at radius 2 is 1.61 bits per heavy atom. The Labute approximate surface area is 137 Å². The first-order chi connectivity index (χ1) is 10.9. The van der Waals surface area contributed by atoms with Gasteiger partial charge in [-0.05, 0) is 35.6 Å². The van der Waals surface area contributed by atoms with Gasteiger partial charge in [-0.2, -0.15) is 0 Å². The maximum atomic E-state index is 12.9. The molecule has 2 rings (SSSR count). The van der Waals surface area contributed by atoms with Crippen LogP contribution < -0.4 is 4.72 Å². The summed E-state index contributed by atoms with van der Waals surface area (Å²) in [6.45, 7) is 4.12. The Morgan fingerprint density at radius 3 is 2.17 bits per heavy atom. The van der Waals surface area contributed by atoms with Crippen LogP contribution >= 0.6 is 0 Å². The van der Waals surface area contributed by atoms with Crippen LogP contribution in [0.5, 0.6) is 0 Å². The van der Waals surface area contributed by atoms with Crippen molar-refractivity contribution in [3.8, 4) is 0 Å². The Balaban J connectivity index is 2.15. The van der Waals surface area contributed by atoms with Gasteiger partial charge < -0.3 is 0 Å². The number of hydrogen-bond acceptors (Lipinski definition) is 2. The van der Waals surface area contributed by atoms with Crippen molar-refractivity contribution < 1.29 is 12.8 Å². The molecule has 0 aliphatic rings. The first-order valence-electron chi connectivity index (χ1n) is 7.65. The van der Waals surface area contributed by atoms with Crippen molar-refractivity contribution in [2.24, 2.45) is 5.92 Å². The number of nitrogens with one attached hydrogen (secondary N) is 1. The fourth-order valence-corrected chi connectivity index (χ4v) is 3.85. The first kappa shape index (κ1) is 17.6. The summed E-state index contributed by atoms with van der Waals surface area (Å²) in [6, 6.07) is 14.8. The van der Waals surface area contributed by atoms with E-state index in [1.807, 2.05) is 30.3 Å². The molecule has 0 aliphatic carbocycles. The maximum Gasteiger partial charge on any atom is 0.216 e. The number of halogens is 1. The first-order valence-corrected chi connectivity index (χ1v) is 9.30. The lowest BCUT2D eigenvalue weighted by Crippen LogP contribution is -2.30. The summed E-state index contributed by atoms with van der Waals surface area (Å²) in [4.78, 5) is 0. The fourth-order valence-electron chi connectivity index (χ4n) is 2.47. The van der Waals surface area contributed by atoms with Crippen LogP contribution in [0.2, 0.25) is 0 Å². The Morgan fingerprint density at radius 1 is 1.00 bits per heavy atom. The zero-order valence-corrected chi connectivity index (χ0v) is 14.2. The van der Waals surface area contributed by atoms with E-state index in [9.17, 15) is 12.8 Å². The Hall–Kier alpha value is -1.72. The standard InChI is InChI=1S/C18H22FNO2S/c1-14(2)12-18(16-6-4-3-5-7-16)20-23(21,22)13-15-8-10-17(19)11-9-15/h3-11,14,18,20H,12-13H2,1-2H3/t18-/m1/s1. The van der Waals surface area contributed by atoms with Gasteiger partial charge in [-0.1, -0.05) is 56.3 Å². The van der Waals surface area contributed by atoms with Crippen LogP contribution in [0.1, 0.15) is 37.4 Å². The average molecular weight is 335 g/mol. The van der Waals surface area contributed by atoms with E-state index < -0.39 is 10.0 Å². The summed E-state index contributed by atoms with van der Waals surface area (Å²) >= 11 is 0. The summed E-state index contributed by atoms with van der Waals surface area (Å²) in [5.74, 6) is -0.177. The molecule has 5 heteroatoms. The van der Waals surface area contributed by atoms with E-state index >= 15 is 0 Å². The van der Waals surface area contributed by atoms with Crippen LogP contribution in [0, 0.1) is 11.7 Å². The van der Waals surface area contributed by atoms with Crippen molar-refractivity contribution in [2.45, 2.75) is 32.1 Å². The van der Waals surface area contributed by atoms with Gasteiger partial charge in [0, 0.05) is 6.04 Å². The fraction of sp³-hybridized carbons (Fsp3) is 0.333. The molecule has 0 bridgehead atoms. The smallest absolute Gasteiger partial charge is 0.212 e. The average Bonchev–Trinajstić information content (AvgIpc) is 2.49. The molecule has 2 aromatic carbocycles. The predicted molar refractivity (Wildman–Crippen MR) is 90.8 cm³/mol. The summed E-state index contributed by atoms with van der Waals surface area (Å²) in [6.07, 6.45) is 0.715. The Kier molecular flexibility index (Phi) is 5.91. The van der Waals surface area contributed by atoms with Crippen molar-refractivity contribution >= 4 is 10.0 Å². The van der Waals surface area contributed by atoms with E-state index in [4.69, 9.17) is 0 Å². The second-order valence-corrected chi connectivity index (χ2v) is 7.85. The van der Waals surface area contributed by atoms with E-state index in [0.717, 1.165) is 5.56 Å². The molecule has 0 heterocycles. The number of hydrogen-bond donors (Lipinski definition) is 1. The molecule has 0 saturated carbocycles. The van der Waals surface area contributed by atoms with E-state index in [0.29, 0.717) is 17.9 Å². The van der Waals surface area contributed by atoms with Gasteiger partial charge >= 0.3 is 0 Å². The molecule has 23 heavy (non-hydrogen) atoms. The van der Waals surface area contributed by atoms with Gasteiger partial charge in [0.25, 0.3) is 0 Å². The van der Waals surface area contributed by atoms with Crippen LogP contribution in [-0.2, 0) is 15.8 Å². The number of sulfonamides is 1. The third-order valence-corrected chi connectivity index (χ3v) is 4.86. The molecule has 0 saturated heterocycles. The zero-order valence-electron chi connectivity index (χ0n) is 13.4. The van der Waals surface area contributed by atoms with Crippen molar-refractivity contribution in [2.75, 3.05) is 0 Å². The van der Waals surface area contributed by atoms with Gasteiger partial charge in [-0.15, -0.1) is 0 Å². The zero-order chi connectivity index (χ0) is 16.9. The third kappa shape index (κ3) is 5.77. The van der Waals surface area contributed by atoms with Gasteiger partial charge in [0.1, 0.15) is 5.82 Å². The van der Waals surface area contributed by atoms with Crippen LogP contribution in [0.15, 0.2) is 54.6 Å². The van der Waals surface area contributed by atoms with E-state index in [1.54, 1.807) is 0 Å². The normalized spacial score (nSPS) is 13.2. The minimum absolute atomic E-state index is 0.158. The molecule has 0 unspecified atom stereocenters. The van der Waals surface area contributed by atoms with Gasteiger partial charge in [0.2, 0.25) is 10.0 Å². The third-order valence-electron chi connectivity index (χ3n) is 3.50. The lowest BCUT2D eigenvalue weighted by molar-refractivity contribution is 0.471. The van der Waals surface area contributed by atoms with Gasteiger partial charge in [0.05, 0.1) is 5.75 Å². The molecule has 2 aromatic rings. The quantitative estimate of drug-likeness (QED) is 0.830. The monoisotopic (exact) mass is 335 g/mol. The highest BCUT2D eigenvalue weighted by atomic mass is 32.2. The van der Waals surface area contributed by atoms with Crippen molar-refractivity contribution in [3.05, 3.63) is 71.5 Å². The molecule has 0 amide bonds. The van der Waals surface area contributed by atoms with Gasteiger partial charge in [-0.3, -0.25) is 0 Å². The SMILES string of the molecule is CC(C)C[C@@H](NS(=O)(=O)Cc1ccc(F)cc1)c1ccccc1. The van der Waals surface area contributed by atoms with Gasteiger partial charge in [0.15, 0.2) is 0 Å². The molecule has 0 spiro atoms. The van der Waals surface area contributed by atoms with Crippen LogP contribution in [-0.4, -0.2) is 8.42 Å². The summed E-state index contributed by atoms with van der Waals surface area (Å²) in [5.41, 5.74) is 1.51. The second kappa shape index (κ2) is 7.70. The molecule has 1 atom stereocenters. The molecule has 0 aliphatic heterocycles. The van der Waals surface area contributed by atoms with Crippen LogP contribution in [0.3, 0.4) is 0 Å². The summed E-state index contributed by atoms with van der Waals surface area (Å²) < 4.78 is 40.6. The molecule has 0 aromatic heterocycles. The molecule has 124 valence electrons. The van der Waals surface area contributed by atoms with Crippen molar-refractivity contribution in [1.82, 2.24) is 4.72 Å². The predicted octanol–water partition coefficient (Wildman–Crippen LogP) is 4.03. The van der Waals surface area contributed by atoms with E-state index in [2.05, 4.69) is 18.6 Å². The highest BCUT2D eigenvalue weighted by Crippen LogP contribution is 2.22. The van der Waals surface area contributed by atoms with Gasteiger partial charge in [-0.25, -0.2) is 17.5 Å². The molecule has 0 fully saturated rings. The molecule has 3 nitrogen and oxygen atoms in total. The summed E-state index contributed by atoms with van der Waals surface area (Å²) in [7, 11) is -3.51. The minimum atomic E-state index is -3.51. The second-order valence-electron chi connectivity index (χ2n) is 6.10.